The van der Waals surface area contributed by atoms with Gasteiger partial charge in [0.1, 0.15) is 6.54 Å². The molecule has 0 aliphatic heterocycles. The molecule has 0 saturated carbocycles. The van der Waals surface area contributed by atoms with E-state index in [1.54, 1.807) is 6.92 Å². The number of nitrogens with zero attached hydrogens (tertiary/aromatic N) is 1. The second-order valence-corrected chi connectivity index (χ2v) is 3.74. The van der Waals surface area contributed by atoms with Gasteiger partial charge in [-0.2, -0.15) is 0 Å². The van der Waals surface area contributed by atoms with Crippen molar-refractivity contribution in [1.29, 1.82) is 0 Å². The Morgan fingerprint density at radius 1 is 1.28 bits per heavy atom. The van der Waals surface area contributed by atoms with Gasteiger partial charge in [0.2, 0.25) is 0 Å². The van der Waals surface area contributed by atoms with Gasteiger partial charge in [0.15, 0.2) is 0 Å². The quantitative estimate of drug-likeness (QED) is 0.488. The van der Waals surface area contributed by atoms with Crippen molar-refractivity contribution in [3.05, 3.63) is 0 Å². The number of esters is 1. The van der Waals surface area contributed by atoms with Crippen LogP contribution in [-0.4, -0.2) is 54.7 Å². The van der Waals surface area contributed by atoms with Crippen LogP contribution in [0.4, 0.5) is 4.79 Å². The average molecular weight is 260 g/mol. The van der Waals surface area contributed by atoms with Crippen molar-refractivity contribution in [2.45, 2.75) is 26.2 Å². The van der Waals surface area contributed by atoms with Crippen LogP contribution in [0.15, 0.2) is 0 Å². The minimum atomic E-state index is -0.847. The number of carbonyl (C=O) groups excluding carboxylic acids is 2. The molecule has 0 saturated heterocycles. The molecule has 0 aromatic carbocycles. The number of carboxylic acid groups (broad SMARTS) is 1. The lowest BCUT2D eigenvalue weighted by atomic mass is 10.2. The number of aliphatic carboxylic acids is 1. The SMILES string of the molecule is CCOC(=O)CN(C)C(=O)NCCCCC(=O)O. The molecule has 0 heterocycles. The molecule has 0 aliphatic rings. The van der Waals surface area contributed by atoms with E-state index < -0.39 is 11.9 Å². The fourth-order valence-electron chi connectivity index (χ4n) is 1.20. The van der Waals surface area contributed by atoms with Crippen LogP contribution in [0.2, 0.25) is 0 Å². The predicted molar refractivity (Wildman–Crippen MR) is 64.1 cm³/mol. The fraction of sp³-hybridized carbons (Fsp3) is 0.727. The summed E-state index contributed by atoms with van der Waals surface area (Å²) in [6.07, 6.45) is 1.19. The van der Waals surface area contributed by atoms with Gasteiger partial charge in [0.05, 0.1) is 6.61 Å². The Bertz CT molecular complexity index is 293. The van der Waals surface area contributed by atoms with Gasteiger partial charge in [-0.25, -0.2) is 4.79 Å². The summed E-state index contributed by atoms with van der Waals surface area (Å²) in [6.45, 7) is 2.26. The first-order valence-electron chi connectivity index (χ1n) is 5.83. The number of carbonyl (C=O) groups is 3. The van der Waals surface area contributed by atoms with Crippen LogP contribution in [0.3, 0.4) is 0 Å². The van der Waals surface area contributed by atoms with E-state index in [9.17, 15) is 14.4 Å². The summed E-state index contributed by atoms with van der Waals surface area (Å²) in [5.74, 6) is -1.30. The molecule has 0 aromatic heterocycles. The summed E-state index contributed by atoms with van der Waals surface area (Å²) in [4.78, 5) is 34.0. The van der Waals surface area contributed by atoms with Crippen LogP contribution in [0.1, 0.15) is 26.2 Å². The summed E-state index contributed by atoms with van der Waals surface area (Å²) in [7, 11) is 1.49. The molecule has 0 bridgehead atoms. The molecule has 0 unspecified atom stereocenters. The van der Waals surface area contributed by atoms with Gasteiger partial charge in [-0.05, 0) is 19.8 Å². The fourth-order valence-corrected chi connectivity index (χ4v) is 1.20. The van der Waals surface area contributed by atoms with Crippen molar-refractivity contribution >= 4 is 18.0 Å². The highest BCUT2D eigenvalue weighted by Crippen LogP contribution is 1.94. The number of unbranched alkanes of at least 4 members (excludes halogenated alkanes) is 1. The van der Waals surface area contributed by atoms with E-state index in [1.165, 1.54) is 11.9 Å². The second-order valence-electron chi connectivity index (χ2n) is 3.74. The van der Waals surface area contributed by atoms with Crippen LogP contribution in [0.25, 0.3) is 0 Å². The lowest BCUT2D eigenvalue weighted by Crippen LogP contribution is -2.40. The summed E-state index contributed by atoms with van der Waals surface area (Å²) < 4.78 is 4.71. The number of carboxylic acids is 1. The number of hydrogen-bond donors (Lipinski definition) is 2. The number of nitrogens with one attached hydrogen (secondary N) is 1. The zero-order valence-corrected chi connectivity index (χ0v) is 10.8. The highest BCUT2D eigenvalue weighted by Gasteiger charge is 2.12. The Hall–Kier alpha value is -1.79. The number of ether oxygens (including phenoxy) is 1. The molecule has 2 N–H and O–H groups in total. The zero-order chi connectivity index (χ0) is 14.0. The third kappa shape index (κ3) is 8.37. The van der Waals surface area contributed by atoms with Crippen molar-refractivity contribution in [2.24, 2.45) is 0 Å². The third-order valence-corrected chi connectivity index (χ3v) is 2.11. The summed E-state index contributed by atoms with van der Waals surface area (Å²) >= 11 is 0. The molecule has 104 valence electrons. The molecule has 0 aliphatic carbocycles. The topological polar surface area (TPSA) is 95.9 Å². The molecule has 2 amide bonds. The van der Waals surface area contributed by atoms with Crippen LogP contribution in [-0.2, 0) is 14.3 Å². The van der Waals surface area contributed by atoms with Gasteiger partial charge in [-0.15, -0.1) is 0 Å². The van der Waals surface area contributed by atoms with Crippen LogP contribution >= 0.6 is 0 Å². The Kier molecular flexibility index (Phi) is 8.34. The van der Waals surface area contributed by atoms with Gasteiger partial charge in [-0.3, -0.25) is 9.59 Å². The van der Waals surface area contributed by atoms with E-state index in [4.69, 9.17) is 9.84 Å². The third-order valence-electron chi connectivity index (χ3n) is 2.11. The maximum absolute atomic E-state index is 11.5. The molecule has 0 rings (SSSR count). The van der Waals surface area contributed by atoms with E-state index in [2.05, 4.69) is 5.32 Å². The van der Waals surface area contributed by atoms with Gasteiger partial charge < -0.3 is 20.1 Å². The standard InChI is InChI=1S/C11H20N2O5/c1-3-18-10(16)8-13(2)11(17)12-7-5-4-6-9(14)15/h3-8H2,1-2H3,(H,12,17)(H,14,15). The van der Waals surface area contributed by atoms with Crippen LogP contribution in [0.5, 0.6) is 0 Å². The molecular weight excluding hydrogens is 240 g/mol. The first kappa shape index (κ1) is 16.2. The molecule has 0 spiro atoms. The molecule has 18 heavy (non-hydrogen) atoms. The highest BCUT2D eigenvalue weighted by atomic mass is 16.5. The van der Waals surface area contributed by atoms with Crippen molar-refractivity contribution in [2.75, 3.05) is 26.7 Å². The Labute approximate surface area is 106 Å². The second kappa shape index (κ2) is 9.26. The lowest BCUT2D eigenvalue weighted by molar-refractivity contribution is -0.143. The number of amides is 2. The van der Waals surface area contributed by atoms with Crippen molar-refractivity contribution in [1.82, 2.24) is 10.2 Å². The first-order chi connectivity index (χ1) is 8.47. The largest absolute Gasteiger partial charge is 0.481 e. The monoisotopic (exact) mass is 260 g/mol. The van der Waals surface area contributed by atoms with E-state index in [1.807, 2.05) is 0 Å². The van der Waals surface area contributed by atoms with Crippen molar-refractivity contribution in [3.8, 4) is 0 Å². The maximum Gasteiger partial charge on any atom is 0.325 e. The normalized spacial score (nSPS) is 9.67. The van der Waals surface area contributed by atoms with Crippen molar-refractivity contribution < 1.29 is 24.2 Å². The smallest absolute Gasteiger partial charge is 0.325 e. The average Bonchev–Trinajstić information content (AvgIpc) is 2.28. The predicted octanol–water partition coefficient (Wildman–Crippen LogP) is 0.446. The lowest BCUT2D eigenvalue weighted by Gasteiger charge is -2.16. The van der Waals surface area contributed by atoms with Gasteiger partial charge in [0.25, 0.3) is 0 Å². The first-order valence-corrected chi connectivity index (χ1v) is 5.83. The number of urea groups is 1. The van der Waals surface area contributed by atoms with E-state index in [-0.39, 0.29) is 25.6 Å². The number of rotatable bonds is 8. The number of hydrogen-bond acceptors (Lipinski definition) is 4. The summed E-state index contributed by atoms with van der Waals surface area (Å²) in [5, 5.41) is 11.0. The minimum absolute atomic E-state index is 0.0918. The van der Waals surface area contributed by atoms with Gasteiger partial charge in [-0.1, -0.05) is 0 Å². The Morgan fingerprint density at radius 3 is 2.50 bits per heavy atom. The van der Waals surface area contributed by atoms with E-state index in [0.717, 1.165) is 0 Å². The Morgan fingerprint density at radius 2 is 1.94 bits per heavy atom. The summed E-state index contributed by atoms with van der Waals surface area (Å²) in [6, 6.07) is -0.377. The van der Waals surface area contributed by atoms with Gasteiger partial charge in [0, 0.05) is 20.0 Å². The molecule has 7 heteroatoms. The summed E-state index contributed by atoms with van der Waals surface area (Å²) in [5.41, 5.74) is 0. The minimum Gasteiger partial charge on any atom is -0.481 e. The van der Waals surface area contributed by atoms with Crippen molar-refractivity contribution in [3.63, 3.8) is 0 Å². The van der Waals surface area contributed by atoms with E-state index in [0.29, 0.717) is 19.4 Å². The zero-order valence-electron chi connectivity index (χ0n) is 10.8. The molecule has 0 fully saturated rings. The number of likely N-dealkylation sites (N-methyl/N-ethyl adjacent to an activating group) is 1. The highest BCUT2D eigenvalue weighted by molar-refractivity contribution is 5.80. The van der Waals surface area contributed by atoms with Gasteiger partial charge >= 0.3 is 18.0 Å². The van der Waals surface area contributed by atoms with E-state index >= 15 is 0 Å². The maximum atomic E-state index is 11.5. The molecule has 0 aromatic rings. The molecule has 7 nitrogen and oxygen atoms in total. The molecule has 0 atom stereocenters. The molecular formula is C11H20N2O5. The van der Waals surface area contributed by atoms with Crippen LogP contribution in [0, 0.1) is 0 Å². The molecule has 0 radical (unpaired) electrons. The van der Waals surface area contributed by atoms with Crippen LogP contribution < -0.4 is 5.32 Å². The Balaban J connectivity index is 3.68.